The van der Waals surface area contributed by atoms with Gasteiger partial charge in [-0.15, -0.1) is 0 Å². The molecule has 0 spiro atoms. The van der Waals surface area contributed by atoms with Gasteiger partial charge in [0.1, 0.15) is 12.2 Å². The van der Waals surface area contributed by atoms with Crippen LogP contribution in [-0.4, -0.2) is 29.3 Å². The van der Waals surface area contributed by atoms with Gasteiger partial charge in [0.2, 0.25) is 5.91 Å². The molecule has 3 aromatic rings. The predicted octanol–water partition coefficient (Wildman–Crippen LogP) is 4.93. The zero-order valence-corrected chi connectivity index (χ0v) is 18.9. The monoisotopic (exact) mass is 457 g/mol. The number of aryl methyl sites for hydroxylation is 1. The van der Waals surface area contributed by atoms with E-state index in [1.807, 2.05) is 79.7 Å². The lowest BCUT2D eigenvalue weighted by molar-refractivity contribution is -0.127. The molecule has 4 amide bonds. The van der Waals surface area contributed by atoms with Gasteiger partial charge in [-0.1, -0.05) is 73.3 Å². The maximum absolute atomic E-state index is 12.9. The highest BCUT2D eigenvalue weighted by molar-refractivity contribution is 7.99. The number of nitrogens with one attached hydrogen (secondary N) is 2. The Morgan fingerprint density at radius 2 is 1.67 bits per heavy atom. The first kappa shape index (κ1) is 22.4. The summed E-state index contributed by atoms with van der Waals surface area (Å²) in [5.74, 6) is -0.959. The van der Waals surface area contributed by atoms with Gasteiger partial charge in [-0.05, 0) is 47.9 Å². The molecule has 0 radical (unpaired) electrons. The molecule has 6 nitrogen and oxygen atoms in total. The molecule has 33 heavy (non-hydrogen) atoms. The van der Waals surface area contributed by atoms with E-state index < -0.39 is 17.8 Å². The number of rotatable bonds is 7. The highest BCUT2D eigenvalue weighted by Crippen LogP contribution is 2.31. The van der Waals surface area contributed by atoms with Crippen molar-refractivity contribution < 1.29 is 14.4 Å². The third-order valence-corrected chi connectivity index (χ3v) is 6.23. The summed E-state index contributed by atoms with van der Waals surface area (Å²) in [7, 11) is 0. The lowest BCUT2D eigenvalue weighted by Gasteiger charge is -2.13. The van der Waals surface area contributed by atoms with Crippen molar-refractivity contribution in [3.8, 4) is 0 Å². The molecule has 1 fully saturated rings. The van der Waals surface area contributed by atoms with Crippen molar-refractivity contribution >= 4 is 41.4 Å². The number of imide groups is 1. The number of urea groups is 1. The minimum Gasteiger partial charge on any atom is -0.324 e. The van der Waals surface area contributed by atoms with Gasteiger partial charge in [0.05, 0.1) is 0 Å². The van der Waals surface area contributed by atoms with Crippen molar-refractivity contribution in [3.63, 3.8) is 0 Å². The fraction of sp³-hybridized carbons (Fsp3) is 0.115. The Balaban J connectivity index is 1.49. The van der Waals surface area contributed by atoms with Crippen LogP contribution < -0.4 is 10.6 Å². The van der Waals surface area contributed by atoms with Crippen molar-refractivity contribution in [2.75, 3.05) is 11.9 Å². The summed E-state index contributed by atoms with van der Waals surface area (Å²) in [4.78, 5) is 40.8. The van der Waals surface area contributed by atoms with E-state index in [2.05, 4.69) is 10.6 Å². The number of anilines is 1. The van der Waals surface area contributed by atoms with Crippen LogP contribution in [0, 0.1) is 0 Å². The number of carbonyl (C=O) groups excluding carboxylic acids is 3. The molecule has 166 valence electrons. The van der Waals surface area contributed by atoms with Crippen LogP contribution in [0.25, 0.3) is 6.08 Å². The van der Waals surface area contributed by atoms with E-state index in [9.17, 15) is 14.4 Å². The van der Waals surface area contributed by atoms with Crippen LogP contribution in [0.2, 0.25) is 0 Å². The Labute approximate surface area is 196 Å². The number of carbonyl (C=O) groups is 3. The van der Waals surface area contributed by atoms with Crippen molar-refractivity contribution in [2.24, 2.45) is 0 Å². The molecule has 1 aliphatic rings. The Kier molecular flexibility index (Phi) is 6.90. The molecule has 7 heteroatoms. The van der Waals surface area contributed by atoms with Crippen LogP contribution in [0.5, 0.6) is 0 Å². The Bertz CT molecular complexity index is 1220. The molecule has 2 N–H and O–H groups in total. The number of para-hydroxylation sites is 1. The quantitative estimate of drug-likeness (QED) is 0.389. The summed E-state index contributed by atoms with van der Waals surface area (Å²) < 4.78 is 0. The minimum atomic E-state index is -0.613. The molecule has 0 aliphatic carbocycles. The van der Waals surface area contributed by atoms with E-state index >= 15 is 0 Å². The third kappa shape index (κ3) is 5.32. The van der Waals surface area contributed by atoms with Crippen molar-refractivity contribution in [1.82, 2.24) is 10.2 Å². The first-order valence-electron chi connectivity index (χ1n) is 10.6. The number of amides is 4. The van der Waals surface area contributed by atoms with Gasteiger partial charge < -0.3 is 10.6 Å². The molecule has 1 saturated heterocycles. The van der Waals surface area contributed by atoms with Crippen molar-refractivity contribution in [3.05, 3.63) is 95.7 Å². The molecule has 0 unspecified atom stereocenters. The van der Waals surface area contributed by atoms with Crippen molar-refractivity contribution in [2.45, 2.75) is 23.1 Å². The fourth-order valence-electron chi connectivity index (χ4n) is 3.46. The number of hydrogen-bond acceptors (Lipinski definition) is 4. The molecular formula is C26H23N3O3S. The summed E-state index contributed by atoms with van der Waals surface area (Å²) in [6, 6.07) is 24.4. The highest BCUT2D eigenvalue weighted by Gasteiger charge is 2.35. The summed E-state index contributed by atoms with van der Waals surface area (Å²) >= 11 is 1.57. The summed E-state index contributed by atoms with van der Waals surface area (Å²) in [5.41, 5.74) is 2.61. The van der Waals surface area contributed by atoms with Crippen molar-refractivity contribution in [1.29, 1.82) is 0 Å². The molecule has 0 saturated carbocycles. The van der Waals surface area contributed by atoms with E-state index in [4.69, 9.17) is 0 Å². The van der Waals surface area contributed by atoms with Gasteiger partial charge in [0.25, 0.3) is 5.91 Å². The second-order valence-corrected chi connectivity index (χ2v) is 8.51. The zero-order chi connectivity index (χ0) is 23.2. The standard InChI is InChI=1S/C26H23N3O3S/c1-2-18-10-6-8-14-21(18)27-24(30)17-29-25(31)22(28-26(29)32)16-19-11-7-9-15-23(19)33-20-12-4-3-5-13-20/h3-16H,2,17H2,1H3,(H,27,30)(H,28,32)/b22-16-. The topological polar surface area (TPSA) is 78.5 Å². The Morgan fingerprint density at radius 1 is 0.970 bits per heavy atom. The van der Waals surface area contributed by atoms with Gasteiger partial charge in [-0.2, -0.15) is 0 Å². The average molecular weight is 458 g/mol. The van der Waals surface area contributed by atoms with Crippen LogP contribution in [0.15, 0.2) is 94.4 Å². The lowest BCUT2D eigenvalue weighted by Crippen LogP contribution is -2.38. The first-order chi connectivity index (χ1) is 16.0. The van der Waals surface area contributed by atoms with Crippen LogP contribution in [0.3, 0.4) is 0 Å². The molecule has 4 rings (SSSR count). The van der Waals surface area contributed by atoms with Gasteiger partial charge in [-0.3, -0.25) is 9.59 Å². The lowest BCUT2D eigenvalue weighted by atomic mass is 10.1. The van der Waals surface area contributed by atoms with Gasteiger partial charge >= 0.3 is 6.03 Å². The van der Waals surface area contributed by atoms with Crippen LogP contribution >= 0.6 is 11.8 Å². The summed E-state index contributed by atoms with van der Waals surface area (Å²) in [6.07, 6.45) is 2.41. The molecule has 0 aromatic heterocycles. The summed E-state index contributed by atoms with van der Waals surface area (Å²) in [6.45, 7) is 1.63. The van der Waals surface area contributed by atoms with Crippen LogP contribution in [0.4, 0.5) is 10.5 Å². The van der Waals surface area contributed by atoms with Gasteiger partial charge in [0, 0.05) is 15.5 Å². The molecule has 1 aliphatic heterocycles. The number of nitrogens with zero attached hydrogens (tertiary/aromatic N) is 1. The third-order valence-electron chi connectivity index (χ3n) is 5.13. The number of hydrogen-bond donors (Lipinski definition) is 2. The maximum Gasteiger partial charge on any atom is 0.329 e. The smallest absolute Gasteiger partial charge is 0.324 e. The first-order valence-corrected chi connectivity index (χ1v) is 11.4. The van der Waals surface area contributed by atoms with E-state index in [0.29, 0.717) is 5.69 Å². The Morgan fingerprint density at radius 3 is 2.45 bits per heavy atom. The number of benzene rings is 3. The second kappa shape index (κ2) is 10.2. The minimum absolute atomic E-state index is 0.142. The zero-order valence-electron chi connectivity index (χ0n) is 18.1. The molecule has 0 atom stereocenters. The van der Waals surface area contributed by atoms with Gasteiger partial charge in [0.15, 0.2) is 0 Å². The molecule has 1 heterocycles. The average Bonchev–Trinajstić information content (AvgIpc) is 3.08. The molecule has 3 aromatic carbocycles. The second-order valence-electron chi connectivity index (χ2n) is 7.39. The predicted molar refractivity (Wildman–Crippen MR) is 130 cm³/mol. The maximum atomic E-state index is 12.9. The highest BCUT2D eigenvalue weighted by atomic mass is 32.2. The normalized spacial score (nSPS) is 14.5. The molecule has 0 bridgehead atoms. The molecular weight excluding hydrogens is 434 g/mol. The fourth-order valence-corrected chi connectivity index (χ4v) is 4.40. The SMILES string of the molecule is CCc1ccccc1NC(=O)CN1C(=O)N/C(=C\c2ccccc2Sc2ccccc2)C1=O. The van der Waals surface area contributed by atoms with E-state index in [1.54, 1.807) is 23.9 Å². The van der Waals surface area contributed by atoms with Gasteiger partial charge in [-0.25, -0.2) is 9.69 Å². The van der Waals surface area contributed by atoms with Crippen LogP contribution in [-0.2, 0) is 16.0 Å². The Hall–Kier alpha value is -3.84. The van der Waals surface area contributed by atoms with E-state index in [1.165, 1.54) is 0 Å². The summed E-state index contributed by atoms with van der Waals surface area (Å²) in [5, 5.41) is 5.39. The van der Waals surface area contributed by atoms with Crippen LogP contribution in [0.1, 0.15) is 18.1 Å². The van der Waals surface area contributed by atoms with E-state index in [-0.39, 0.29) is 12.2 Å². The largest absolute Gasteiger partial charge is 0.329 e. The van der Waals surface area contributed by atoms with E-state index in [0.717, 1.165) is 32.2 Å².